The first-order chi connectivity index (χ1) is 6.68. The zero-order valence-corrected chi connectivity index (χ0v) is 8.16. The summed E-state index contributed by atoms with van der Waals surface area (Å²) in [5.41, 5.74) is 6.09. The van der Waals surface area contributed by atoms with Gasteiger partial charge in [0.15, 0.2) is 6.04 Å². The molecule has 1 atom stereocenters. The Kier molecular flexibility index (Phi) is 2.20. The molecule has 0 spiro atoms. The summed E-state index contributed by atoms with van der Waals surface area (Å²) in [6.07, 6.45) is 3.87. The number of hydrogen-bond donors (Lipinski definition) is 1. The van der Waals surface area contributed by atoms with Crippen LogP contribution < -0.4 is 5.73 Å². The Morgan fingerprint density at radius 2 is 2.57 bits per heavy atom. The molecule has 2 N–H and O–H groups in total. The smallest absolute Gasteiger partial charge is 0.331 e. The van der Waals surface area contributed by atoms with Gasteiger partial charge in [0.1, 0.15) is 4.99 Å². The minimum Gasteiger partial charge on any atom is -0.464 e. The van der Waals surface area contributed by atoms with Crippen molar-refractivity contribution in [3.8, 4) is 0 Å². The topological polar surface area (TPSA) is 70.1 Å². The number of rotatable bonds is 2. The van der Waals surface area contributed by atoms with E-state index in [-0.39, 0.29) is 17.0 Å². The van der Waals surface area contributed by atoms with Crippen LogP contribution in [0.5, 0.6) is 0 Å². The highest BCUT2D eigenvalue weighted by Crippen LogP contribution is 2.19. The molecule has 14 heavy (non-hydrogen) atoms. The van der Waals surface area contributed by atoms with Gasteiger partial charge in [0.05, 0.1) is 12.8 Å². The van der Waals surface area contributed by atoms with E-state index in [1.807, 2.05) is 0 Å². The van der Waals surface area contributed by atoms with Crippen LogP contribution in [0.25, 0.3) is 0 Å². The molecule has 5 nitrogen and oxygen atoms in total. The maximum atomic E-state index is 11.2. The summed E-state index contributed by atoms with van der Waals surface area (Å²) in [4.78, 5) is 11.5. The van der Waals surface area contributed by atoms with Gasteiger partial charge in [0, 0.05) is 18.2 Å². The predicted octanol–water partition coefficient (Wildman–Crippen LogP) is 0.00530. The summed E-state index contributed by atoms with van der Waals surface area (Å²) in [5.74, 6) is -0.248. The van der Waals surface area contributed by atoms with Crippen LogP contribution in [-0.4, -0.2) is 27.3 Å². The molecule has 6 heteroatoms. The molecule has 74 valence electrons. The number of nitrogens with zero attached hydrogens (tertiary/aromatic N) is 2. The average molecular weight is 211 g/mol. The first kappa shape index (κ1) is 9.14. The lowest BCUT2D eigenvalue weighted by Crippen LogP contribution is -2.15. The fourth-order valence-electron chi connectivity index (χ4n) is 1.36. The first-order valence-electron chi connectivity index (χ1n) is 4.19. The lowest BCUT2D eigenvalue weighted by molar-refractivity contribution is -0.140. The van der Waals surface area contributed by atoms with Crippen molar-refractivity contribution in [2.75, 3.05) is 6.61 Å². The van der Waals surface area contributed by atoms with Gasteiger partial charge in [-0.3, -0.25) is 4.68 Å². The Morgan fingerprint density at radius 1 is 1.79 bits per heavy atom. The number of nitrogens with two attached hydrogens (primary N) is 1. The molecule has 0 aliphatic carbocycles. The summed E-state index contributed by atoms with van der Waals surface area (Å²) < 4.78 is 6.37. The van der Waals surface area contributed by atoms with Crippen LogP contribution >= 0.6 is 12.2 Å². The third-order valence-corrected chi connectivity index (χ3v) is 2.35. The maximum Gasteiger partial charge on any atom is 0.331 e. The molecule has 0 radical (unpaired) electrons. The molecular weight excluding hydrogens is 202 g/mol. The van der Waals surface area contributed by atoms with Crippen LogP contribution in [0.2, 0.25) is 0 Å². The summed E-state index contributed by atoms with van der Waals surface area (Å²) in [5, 5.41) is 4.02. The second-order valence-corrected chi connectivity index (χ2v) is 3.49. The highest BCUT2D eigenvalue weighted by atomic mass is 32.1. The number of ether oxygens (including phenoxy) is 1. The van der Waals surface area contributed by atoms with E-state index in [2.05, 4.69) is 5.10 Å². The summed E-state index contributed by atoms with van der Waals surface area (Å²) in [6, 6.07) is -0.321. The zero-order chi connectivity index (χ0) is 10.1. The minimum atomic E-state index is -0.321. The highest BCUT2D eigenvalue weighted by Gasteiger charge is 2.28. The Bertz CT molecular complexity index is 388. The van der Waals surface area contributed by atoms with E-state index >= 15 is 0 Å². The van der Waals surface area contributed by atoms with E-state index < -0.39 is 0 Å². The number of carbonyl (C=O) groups excluding carboxylic acids is 1. The molecule has 1 aromatic rings. The summed E-state index contributed by atoms with van der Waals surface area (Å²) >= 11 is 4.79. The van der Waals surface area contributed by atoms with Crippen molar-refractivity contribution in [3.05, 3.63) is 18.0 Å². The number of cyclic esters (lactones) is 1. The fraction of sp³-hybridized carbons (Fsp3) is 0.375. The van der Waals surface area contributed by atoms with E-state index in [0.29, 0.717) is 18.6 Å². The van der Waals surface area contributed by atoms with Crippen molar-refractivity contribution in [2.24, 2.45) is 5.73 Å². The molecule has 1 saturated heterocycles. The van der Waals surface area contributed by atoms with Crippen molar-refractivity contribution in [2.45, 2.75) is 12.5 Å². The highest BCUT2D eigenvalue weighted by molar-refractivity contribution is 7.80. The number of esters is 1. The van der Waals surface area contributed by atoms with Crippen LogP contribution in [0.15, 0.2) is 12.4 Å². The van der Waals surface area contributed by atoms with E-state index in [1.54, 1.807) is 17.1 Å². The van der Waals surface area contributed by atoms with Crippen molar-refractivity contribution < 1.29 is 9.53 Å². The van der Waals surface area contributed by atoms with Gasteiger partial charge in [0.2, 0.25) is 0 Å². The normalized spacial score (nSPS) is 20.9. The Balaban J connectivity index is 2.24. The summed E-state index contributed by atoms with van der Waals surface area (Å²) in [6.45, 7) is 0.450. The van der Waals surface area contributed by atoms with Crippen LogP contribution in [0, 0.1) is 0 Å². The van der Waals surface area contributed by atoms with Crippen LogP contribution in [-0.2, 0) is 9.53 Å². The van der Waals surface area contributed by atoms with Gasteiger partial charge in [-0.1, -0.05) is 12.2 Å². The third kappa shape index (κ3) is 1.48. The molecule has 1 aliphatic heterocycles. The molecule has 0 saturated carbocycles. The van der Waals surface area contributed by atoms with Crippen molar-refractivity contribution in [1.29, 1.82) is 0 Å². The number of hydrogen-bond acceptors (Lipinski definition) is 4. The van der Waals surface area contributed by atoms with Gasteiger partial charge < -0.3 is 10.5 Å². The van der Waals surface area contributed by atoms with Crippen molar-refractivity contribution in [3.63, 3.8) is 0 Å². The monoisotopic (exact) mass is 211 g/mol. The van der Waals surface area contributed by atoms with Gasteiger partial charge in [-0.15, -0.1) is 0 Å². The molecule has 0 aromatic carbocycles. The van der Waals surface area contributed by atoms with E-state index in [9.17, 15) is 4.79 Å². The second-order valence-electron chi connectivity index (χ2n) is 3.05. The van der Waals surface area contributed by atoms with Crippen molar-refractivity contribution >= 4 is 23.2 Å². The quantitative estimate of drug-likeness (QED) is 0.551. The molecule has 1 aromatic heterocycles. The molecule has 1 aliphatic rings. The molecule has 0 bridgehead atoms. The van der Waals surface area contributed by atoms with Gasteiger partial charge in [-0.05, 0) is 0 Å². The largest absolute Gasteiger partial charge is 0.464 e. The number of aromatic nitrogens is 2. The van der Waals surface area contributed by atoms with E-state index in [1.165, 1.54) is 0 Å². The fourth-order valence-corrected chi connectivity index (χ4v) is 1.47. The standard InChI is InChI=1S/C8H9N3O2S/c9-7(14)5-3-10-11(4-5)6-1-2-13-8(6)12/h3-4,6H,1-2H2,(H2,9,14). The predicted molar refractivity (Wildman–Crippen MR) is 52.7 cm³/mol. The van der Waals surface area contributed by atoms with Gasteiger partial charge in [-0.2, -0.15) is 5.10 Å². The lowest BCUT2D eigenvalue weighted by Gasteiger charge is -2.04. The minimum absolute atomic E-state index is 0.248. The lowest BCUT2D eigenvalue weighted by atomic mass is 10.2. The molecule has 1 fully saturated rings. The van der Waals surface area contributed by atoms with E-state index in [0.717, 1.165) is 0 Å². The maximum absolute atomic E-state index is 11.2. The number of thiocarbonyl (C=S) groups is 1. The second kappa shape index (κ2) is 3.38. The Morgan fingerprint density at radius 3 is 3.07 bits per heavy atom. The number of carbonyl (C=O) groups is 1. The third-order valence-electron chi connectivity index (χ3n) is 2.11. The van der Waals surface area contributed by atoms with Crippen LogP contribution in [0.4, 0.5) is 0 Å². The zero-order valence-electron chi connectivity index (χ0n) is 7.34. The molecule has 2 heterocycles. The van der Waals surface area contributed by atoms with Gasteiger partial charge >= 0.3 is 5.97 Å². The summed E-state index contributed by atoms with van der Waals surface area (Å²) in [7, 11) is 0. The molecule has 1 unspecified atom stereocenters. The Labute approximate surface area is 85.8 Å². The average Bonchev–Trinajstić information content (AvgIpc) is 2.71. The molecular formula is C8H9N3O2S. The Hall–Kier alpha value is -1.43. The van der Waals surface area contributed by atoms with E-state index in [4.69, 9.17) is 22.7 Å². The van der Waals surface area contributed by atoms with Gasteiger partial charge in [0.25, 0.3) is 0 Å². The first-order valence-corrected chi connectivity index (χ1v) is 4.60. The van der Waals surface area contributed by atoms with Crippen LogP contribution in [0.1, 0.15) is 18.0 Å². The van der Waals surface area contributed by atoms with Crippen LogP contribution in [0.3, 0.4) is 0 Å². The van der Waals surface area contributed by atoms with Gasteiger partial charge in [-0.25, -0.2) is 4.79 Å². The molecule has 2 rings (SSSR count). The molecule has 0 amide bonds. The SMILES string of the molecule is NC(=S)c1cnn(C2CCOC2=O)c1. The van der Waals surface area contributed by atoms with Crippen molar-refractivity contribution in [1.82, 2.24) is 9.78 Å².